The van der Waals surface area contributed by atoms with E-state index in [1.807, 2.05) is 6.07 Å². The average molecular weight is 368 g/mol. The highest BCUT2D eigenvalue weighted by molar-refractivity contribution is 6.40. The number of halogens is 1. The summed E-state index contributed by atoms with van der Waals surface area (Å²) in [5.74, 6) is -1.79. The first kappa shape index (κ1) is 19.1. The molecule has 1 aromatic rings. The summed E-state index contributed by atoms with van der Waals surface area (Å²) in [7, 11) is 0. The fourth-order valence-corrected chi connectivity index (χ4v) is 2.55. The number of hydrogen-bond donors (Lipinski definition) is 3. The molecule has 1 saturated heterocycles. The molecule has 1 atom stereocenters. The summed E-state index contributed by atoms with van der Waals surface area (Å²) < 4.78 is 10.8. The lowest BCUT2D eigenvalue weighted by molar-refractivity contribution is -0.137. The number of benzene rings is 1. The molecule has 134 valence electrons. The molecular weight excluding hydrogens is 350 g/mol. The van der Waals surface area contributed by atoms with Gasteiger partial charge in [0.2, 0.25) is 0 Å². The Hall–Kier alpha value is -2.18. The van der Waals surface area contributed by atoms with Crippen LogP contribution in [0.15, 0.2) is 18.2 Å². The van der Waals surface area contributed by atoms with Crippen LogP contribution in [0.1, 0.15) is 12.0 Å². The van der Waals surface area contributed by atoms with Gasteiger partial charge in [-0.3, -0.25) is 9.59 Å². The summed E-state index contributed by atoms with van der Waals surface area (Å²) in [6.45, 7) is 0.768. The number of anilines is 1. The van der Waals surface area contributed by atoms with Crippen LogP contribution in [0, 0.1) is 11.3 Å². The Morgan fingerprint density at radius 1 is 1.44 bits per heavy atom. The van der Waals surface area contributed by atoms with Gasteiger partial charge in [0.05, 0.1) is 31.1 Å². The van der Waals surface area contributed by atoms with Crippen molar-refractivity contribution >= 4 is 29.1 Å². The molecule has 1 aliphatic heterocycles. The maximum atomic E-state index is 12.0. The van der Waals surface area contributed by atoms with Crippen molar-refractivity contribution in [3.63, 3.8) is 0 Å². The number of aliphatic hydroxyl groups excluding tert-OH is 1. The highest BCUT2D eigenvalue weighted by Crippen LogP contribution is 2.23. The molecule has 1 fully saturated rings. The van der Waals surface area contributed by atoms with E-state index in [4.69, 9.17) is 31.4 Å². The second-order valence-corrected chi connectivity index (χ2v) is 5.93. The Kier molecular flexibility index (Phi) is 6.73. The maximum Gasteiger partial charge on any atom is 0.313 e. The first-order valence-electron chi connectivity index (χ1n) is 7.61. The van der Waals surface area contributed by atoms with Gasteiger partial charge in [0.15, 0.2) is 0 Å². The Morgan fingerprint density at radius 2 is 2.24 bits per heavy atom. The van der Waals surface area contributed by atoms with E-state index in [-0.39, 0.29) is 37.6 Å². The van der Waals surface area contributed by atoms with Crippen LogP contribution in [0.5, 0.6) is 0 Å². The number of carbonyl (C=O) groups excluding carboxylic acids is 2. The van der Waals surface area contributed by atoms with E-state index in [2.05, 4.69) is 10.6 Å². The number of nitrogens with zero attached hydrogens (tertiary/aromatic N) is 1. The molecule has 1 aromatic carbocycles. The van der Waals surface area contributed by atoms with Gasteiger partial charge in [0, 0.05) is 24.6 Å². The van der Waals surface area contributed by atoms with Crippen molar-refractivity contribution in [1.82, 2.24) is 5.32 Å². The van der Waals surface area contributed by atoms with Crippen molar-refractivity contribution in [2.45, 2.75) is 12.0 Å². The molecule has 0 spiro atoms. The summed E-state index contributed by atoms with van der Waals surface area (Å²) in [4.78, 5) is 24.0. The minimum absolute atomic E-state index is 0.0694. The summed E-state index contributed by atoms with van der Waals surface area (Å²) in [5.41, 5.74) is -0.407. The van der Waals surface area contributed by atoms with Crippen LogP contribution >= 0.6 is 11.6 Å². The highest BCUT2D eigenvalue weighted by atomic mass is 35.5. The molecule has 2 rings (SSSR count). The van der Waals surface area contributed by atoms with Crippen LogP contribution in [0.25, 0.3) is 0 Å². The Labute approximate surface area is 149 Å². The van der Waals surface area contributed by atoms with E-state index in [0.717, 1.165) is 0 Å². The predicted molar refractivity (Wildman–Crippen MR) is 89.0 cm³/mol. The minimum Gasteiger partial charge on any atom is -0.394 e. The topological polar surface area (TPSA) is 121 Å². The van der Waals surface area contributed by atoms with Crippen molar-refractivity contribution in [2.24, 2.45) is 0 Å². The van der Waals surface area contributed by atoms with Crippen molar-refractivity contribution in [2.75, 3.05) is 38.3 Å². The Balaban J connectivity index is 1.95. The normalized spacial score (nSPS) is 19.2. The molecular formula is C16H18ClN3O5. The van der Waals surface area contributed by atoms with Gasteiger partial charge in [-0.1, -0.05) is 11.6 Å². The summed E-state index contributed by atoms with van der Waals surface area (Å²) in [6.07, 6.45) is 0.543. The van der Waals surface area contributed by atoms with Crippen LogP contribution in [0.2, 0.25) is 5.02 Å². The third kappa shape index (κ3) is 5.14. The largest absolute Gasteiger partial charge is 0.394 e. The Bertz CT molecular complexity index is 683. The molecule has 0 aliphatic carbocycles. The van der Waals surface area contributed by atoms with Gasteiger partial charge < -0.3 is 25.2 Å². The van der Waals surface area contributed by atoms with E-state index < -0.39 is 17.4 Å². The van der Waals surface area contributed by atoms with Crippen LogP contribution < -0.4 is 10.6 Å². The van der Waals surface area contributed by atoms with Gasteiger partial charge in [-0.05, 0) is 18.2 Å². The van der Waals surface area contributed by atoms with Gasteiger partial charge in [0.1, 0.15) is 11.7 Å². The number of hydrogen-bond acceptors (Lipinski definition) is 6. The molecule has 1 aliphatic rings. The van der Waals surface area contributed by atoms with Gasteiger partial charge >= 0.3 is 11.8 Å². The van der Waals surface area contributed by atoms with Crippen LogP contribution in [-0.4, -0.2) is 55.5 Å². The van der Waals surface area contributed by atoms with Crippen molar-refractivity contribution in [3.8, 4) is 6.07 Å². The smallest absolute Gasteiger partial charge is 0.313 e. The molecule has 1 unspecified atom stereocenters. The number of aliphatic hydroxyl groups is 1. The van der Waals surface area contributed by atoms with Crippen molar-refractivity contribution in [1.29, 1.82) is 5.26 Å². The monoisotopic (exact) mass is 367 g/mol. The van der Waals surface area contributed by atoms with Gasteiger partial charge in [-0.15, -0.1) is 0 Å². The minimum atomic E-state index is -0.921. The first-order chi connectivity index (χ1) is 12.0. The summed E-state index contributed by atoms with van der Waals surface area (Å²) >= 11 is 5.84. The quantitative estimate of drug-likeness (QED) is 0.627. The fourth-order valence-electron chi connectivity index (χ4n) is 2.37. The van der Waals surface area contributed by atoms with Crippen molar-refractivity contribution < 1.29 is 24.2 Å². The molecule has 0 saturated carbocycles. The molecule has 2 amide bonds. The summed E-state index contributed by atoms with van der Waals surface area (Å²) in [5, 5.41) is 23.1. The summed E-state index contributed by atoms with van der Waals surface area (Å²) in [6, 6.07) is 6.26. The zero-order valence-electron chi connectivity index (χ0n) is 13.4. The van der Waals surface area contributed by atoms with Crippen LogP contribution in [0.4, 0.5) is 5.69 Å². The molecule has 0 aromatic heterocycles. The lowest BCUT2D eigenvalue weighted by atomic mass is 10.0. The zero-order chi connectivity index (χ0) is 18.3. The number of ether oxygens (including phenoxy) is 2. The van der Waals surface area contributed by atoms with Crippen LogP contribution in [-0.2, 0) is 19.1 Å². The van der Waals surface area contributed by atoms with E-state index in [0.29, 0.717) is 18.1 Å². The maximum absolute atomic E-state index is 12.0. The molecule has 3 N–H and O–H groups in total. The van der Waals surface area contributed by atoms with E-state index in [9.17, 15) is 9.59 Å². The van der Waals surface area contributed by atoms with E-state index in [1.54, 1.807) is 0 Å². The molecule has 0 radical (unpaired) electrons. The fraction of sp³-hybridized carbons (Fsp3) is 0.438. The van der Waals surface area contributed by atoms with E-state index in [1.165, 1.54) is 18.2 Å². The number of amides is 2. The second kappa shape index (κ2) is 8.78. The number of nitrogens with one attached hydrogen (secondary N) is 2. The van der Waals surface area contributed by atoms with E-state index >= 15 is 0 Å². The first-order valence-corrected chi connectivity index (χ1v) is 7.99. The highest BCUT2D eigenvalue weighted by Gasteiger charge is 2.36. The SMILES string of the molecule is N#Cc1ccc(Cl)cc1NC(=O)C(=O)NCC1(OCCO)CCOC1. The third-order valence-corrected chi connectivity index (χ3v) is 3.93. The van der Waals surface area contributed by atoms with Crippen LogP contribution in [0.3, 0.4) is 0 Å². The average Bonchev–Trinajstić information content (AvgIpc) is 3.07. The number of nitriles is 1. The lowest BCUT2D eigenvalue weighted by Gasteiger charge is -2.27. The molecule has 1 heterocycles. The molecule has 25 heavy (non-hydrogen) atoms. The predicted octanol–water partition coefficient (Wildman–Crippen LogP) is 0.434. The molecule has 8 nitrogen and oxygen atoms in total. The third-order valence-electron chi connectivity index (χ3n) is 3.69. The second-order valence-electron chi connectivity index (χ2n) is 5.50. The zero-order valence-corrected chi connectivity index (χ0v) is 14.1. The molecule has 9 heteroatoms. The van der Waals surface area contributed by atoms with Gasteiger partial charge in [0.25, 0.3) is 0 Å². The van der Waals surface area contributed by atoms with Crippen molar-refractivity contribution in [3.05, 3.63) is 28.8 Å². The number of carbonyl (C=O) groups is 2. The Morgan fingerprint density at radius 3 is 2.88 bits per heavy atom. The lowest BCUT2D eigenvalue weighted by Crippen LogP contribution is -2.48. The number of rotatable bonds is 6. The standard InChI is InChI=1S/C16H18ClN3O5/c17-12-2-1-11(8-18)13(7-12)20-15(23)14(22)19-9-16(25-6-4-21)3-5-24-10-16/h1-2,7,21H,3-6,9-10H2,(H,19,22)(H,20,23). The van der Waals surface area contributed by atoms with Gasteiger partial charge in [-0.2, -0.15) is 5.26 Å². The van der Waals surface area contributed by atoms with Gasteiger partial charge in [-0.25, -0.2) is 0 Å². The molecule has 0 bridgehead atoms.